The van der Waals surface area contributed by atoms with Crippen LogP contribution in [-0.4, -0.2) is 46.8 Å². The molecule has 2 N–H and O–H groups in total. The number of amides is 1. The third kappa shape index (κ3) is 2.31. The summed E-state index contributed by atoms with van der Waals surface area (Å²) in [5.41, 5.74) is 4.72. The fraction of sp³-hybridized carbons (Fsp3) is 0.625. The number of hydroxylamine groups is 1. The average Bonchev–Trinajstić information content (AvgIpc) is 2.99. The molecule has 2 fully saturated rings. The molecule has 1 atom stereocenters. The molecule has 1 aliphatic carbocycles. The lowest BCUT2D eigenvalue weighted by Gasteiger charge is -2.40. The molecule has 0 radical (unpaired) electrons. The number of fused-ring (bicyclic) bond motifs is 1. The third-order valence-electron chi connectivity index (χ3n) is 5.45. The molecule has 2 aliphatic heterocycles. The van der Waals surface area contributed by atoms with Gasteiger partial charge in [-0.3, -0.25) is 19.9 Å². The fourth-order valence-corrected chi connectivity index (χ4v) is 4.07. The Morgan fingerprint density at radius 3 is 3.05 bits per heavy atom. The molecule has 4 rings (SSSR count). The lowest BCUT2D eigenvalue weighted by molar-refractivity contribution is -0.111. The van der Waals surface area contributed by atoms with Crippen LogP contribution >= 0.6 is 0 Å². The number of carbonyl (C=O) groups is 1. The molecule has 1 spiro atoms. The highest BCUT2D eigenvalue weighted by Gasteiger charge is 2.46. The number of nitrogens with one attached hydrogen (secondary N) is 1. The van der Waals surface area contributed by atoms with Crippen LogP contribution in [0.1, 0.15) is 40.9 Å². The van der Waals surface area contributed by atoms with Gasteiger partial charge < -0.3 is 4.74 Å². The third-order valence-corrected chi connectivity index (χ3v) is 5.45. The van der Waals surface area contributed by atoms with Crippen LogP contribution in [0.3, 0.4) is 0 Å². The van der Waals surface area contributed by atoms with E-state index in [0.29, 0.717) is 17.0 Å². The number of carbonyl (C=O) groups excluding carboxylic acids is 1. The highest BCUT2D eigenvalue weighted by Crippen LogP contribution is 2.46. The summed E-state index contributed by atoms with van der Waals surface area (Å²) in [5.74, 6) is -0.500. The Hall–Kier alpha value is -1.50. The van der Waals surface area contributed by atoms with Gasteiger partial charge in [0, 0.05) is 30.7 Å². The lowest BCUT2D eigenvalue weighted by atomic mass is 9.84. The van der Waals surface area contributed by atoms with Gasteiger partial charge in [0.1, 0.15) is 0 Å². The van der Waals surface area contributed by atoms with E-state index in [4.69, 9.17) is 9.94 Å². The summed E-state index contributed by atoms with van der Waals surface area (Å²) in [4.78, 5) is 18.4. The molecule has 3 aliphatic rings. The van der Waals surface area contributed by atoms with E-state index in [0.717, 1.165) is 44.0 Å². The van der Waals surface area contributed by atoms with Crippen LogP contribution in [0.5, 0.6) is 0 Å². The molecule has 6 nitrogen and oxygen atoms in total. The molecule has 118 valence electrons. The molecule has 1 saturated heterocycles. The summed E-state index contributed by atoms with van der Waals surface area (Å²) in [6.07, 6.45) is 6.24. The molecule has 3 heterocycles. The second-order valence-corrected chi connectivity index (χ2v) is 6.88. The van der Waals surface area contributed by atoms with E-state index >= 15 is 0 Å². The molecular formula is C16H21N3O3. The quantitative estimate of drug-likeness (QED) is 0.633. The Balaban J connectivity index is 1.47. The molecule has 1 saturated carbocycles. The van der Waals surface area contributed by atoms with E-state index < -0.39 is 5.91 Å². The summed E-state index contributed by atoms with van der Waals surface area (Å²) < 4.78 is 5.41. The van der Waals surface area contributed by atoms with Crippen LogP contribution < -0.4 is 5.48 Å². The first-order chi connectivity index (χ1) is 10.7. The monoisotopic (exact) mass is 303 g/mol. The van der Waals surface area contributed by atoms with Crippen molar-refractivity contribution in [3.63, 3.8) is 0 Å². The summed E-state index contributed by atoms with van der Waals surface area (Å²) in [5, 5.41) is 8.71. The zero-order valence-electron chi connectivity index (χ0n) is 12.5. The minimum Gasteiger partial charge on any atom is -0.380 e. The van der Waals surface area contributed by atoms with Gasteiger partial charge in [0.25, 0.3) is 5.91 Å². The first-order valence-electron chi connectivity index (χ1n) is 7.93. The Labute approximate surface area is 129 Å². The standard InChI is InChI=1S/C16H21N3O3/c20-15(18-21)12-5-11-2-4-19(8-14(11)17-7-12)13-1-3-16(6-13)9-22-10-16/h5,7,13,21H,1-4,6,8-10H2,(H,18,20)/t13-/m0/s1. The van der Waals surface area contributed by atoms with Gasteiger partial charge >= 0.3 is 0 Å². The molecule has 1 amide bonds. The predicted molar refractivity (Wildman–Crippen MR) is 78.5 cm³/mol. The number of pyridine rings is 1. The molecule has 0 aromatic carbocycles. The van der Waals surface area contributed by atoms with Gasteiger partial charge in [-0.05, 0) is 37.3 Å². The topological polar surface area (TPSA) is 74.7 Å². The Bertz CT molecular complexity index is 600. The highest BCUT2D eigenvalue weighted by atomic mass is 16.5. The van der Waals surface area contributed by atoms with Crippen molar-refractivity contribution in [1.29, 1.82) is 0 Å². The Kier molecular flexibility index (Phi) is 3.40. The van der Waals surface area contributed by atoms with Crippen molar-refractivity contribution in [2.24, 2.45) is 5.41 Å². The van der Waals surface area contributed by atoms with Gasteiger partial charge in [-0.1, -0.05) is 0 Å². The van der Waals surface area contributed by atoms with Gasteiger partial charge in [-0.2, -0.15) is 0 Å². The van der Waals surface area contributed by atoms with Gasteiger partial charge in [-0.15, -0.1) is 0 Å². The lowest BCUT2D eigenvalue weighted by Crippen LogP contribution is -2.44. The second-order valence-electron chi connectivity index (χ2n) is 6.88. The predicted octanol–water partition coefficient (Wildman–Crippen LogP) is 1.13. The van der Waals surface area contributed by atoms with Gasteiger partial charge in [0.05, 0.1) is 24.5 Å². The first kappa shape index (κ1) is 14.1. The van der Waals surface area contributed by atoms with E-state index in [1.807, 2.05) is 6.07 Å². The largest absolute Gasteiger partial charge is 0.380 e. The smallest absolute Gasteiger partial charge is 0.276 e. The van der Waals surface area contributed by atoms with Crippen LogP contribution in [0.25, 0.3) is 0 Å². The fourth-order valence-electron chi connectivity index (χ4n) is 4.07. The van der Waals surface area contributed by atoms with Crippen molar-refractivity contribution in [2.75, 3.05) is 19.8 Å². The molecule has 0 unspecified atom stereocenters. The van der Waals surface area contributed by atoms with Gasteiger partial charge in [0.15, 0.2) is 0 Å². The summed E-state index contributed by atoms with van der Waals surface area (Å²) in [6, 6.07) is 2.49. The molecular weight excluding hydrogens is 282 g/mol. The molecule has 0 bridgehead atoms. The van der Waals surface area contributed by atoms with Crippen molar-refractivity contribution < 1.29 is 14.7 Å². The first-order valence-corrected chi connectivity index (χ1v) is 7.93. The van der Waals surface area contributed by atoms with Crippen molar-refractivity contribution in [3.8, 4) is 0 Å². The van der Waals surface area contributed by atoms with E-state index in [1.54, 1.807) is 11.7 Å². The number of ether oxygens (including phenoxy) is 1. The van der Waals surface area contributed by atoms with E-state index in [2.05, 4.69) is 9.88 Å². The molecule has 22 heavy (non-hydrogen) atoms. The molecule has 1 aromatic rings. The van der Waals surface area contributed by atoms with Crippen LogP contribution in [-0.2, 0) is 17.7 Å². The Morgan fingerprint density at radius 1 is 1.50 bits per heavy atom. The van der Waals surface area contributed by atoms with Crippen LogP contribution in [0, 0.1) is 5.41 Å². The summed E-state index contributed by atoms with van der Waals surface area (Å²) in [6.45, 7) is 3.75. The van der Waals surface area contributed by atoms with Crippen LogP contribution in [0.2, 0.25) is 0 Å². The SMILES string of the molecule is O=C(NO)c1cnc2c(c1)CCN([C@H]1CCC3(COC3)C1)C2. The summed E-state index contributed by atoms with van der Waals surface area (Å²) >= 11 is 0. The minimum absolute atomic E-state index is 0.418. The normalized spacial score (nSPS) is 26.5. The van der Waals surface area contributed by atoms with E-state index in [9.17, 15) is 4.79 Å². The zero-order valence-corrected chi connectivity index (χ0v) is 12.5. The summed E-state index contributed by atoms with van der Waals surface area (Å²) in [7, 11) is 0. The van der Waals surface area contributed by atoms with Gasteiger partial charge in [0.2, 0.25) is 0 Å². The number of nitrogens with zero attached hydrogens (tertiary/aromatic N) is 2. The number of hydrogen-bond acceptors (Lipinski definition) is 5. The maximum atomic E-state index is 11.5. The second kappa shape index (κ2) is 5.30. The zero-order chi connectivity index (χ0) is 15.2. The number of rotatable bonds is 2. The average molecular weight is 303 g/mol. The molecule has 6 heteroatoms. The van der Waals surface area contributed by atoms with Gasteiger partial charge in [-0.25, -0.2) is 5.48 Å². The maximum absolute atomic E-state index is 11.5. The minimum atomic E-state index is -0.500. The highest BCUT2D eigenvalue weighted by molar-refractivity contribution is 5.93. The maximum Gasteiger partial charge on any atom is 0.276 e. The van der Waals surface area contributed by atoms with Crippen molar-refractivity contribution in [3.05, 3.63) is 29.1 Å². The van der Waals surface area contributed by atoms with E-state index in [1.165, 1.54) is 19.3 Å². The van der Waals surface area contributed by atoms with Crippen LogP contribution in [0.4, 0.5) is 0 Å². The van der Waals surface area contributed by atoms with Crippen molar-refractivity contribution in [1.82, 2.24) is 15.4 Å². The van der Waals surface area contributed by atoms with Crippen molar-refractivity contribution >= 4 is 5.91 Å². The number of hydrogen-bond donors (Lipinski definition) is 2. The van der Waals surface area contributed by atoms with E-state index in [-0.39, 0.29) is 0 Å². The Morgan fingerprint density at radius 2 is 2.36 bits per heavy atom. The molecule has 1 aromatic heterocycles. The number of aromatic nitrogens is 1. The van der Waals surface area contributed by atoms with Crippen molar-refractivity contribution in [2.45, 2.75) is 38.3 Å². The van der Waals surface area contributed by atoms with Crippen LogP contribution in [0.15, 0.2) is 12.3 Å².